The Kier molecular flexibility index (Phi) is 5.01. The van der Waals surface area contributed by atoms with E-state index in [0.29, 0.717) is 5.84 Å². The van der Waals surface area contributed by atoms with E-state index < -0.39 is 0 Å². The number of hydrogen-bond donors (Lipinski definition) is 0. The van der Waals surface area contributed by atoms with Crippen LogP contribution < -0.4 is 0 Å². The van der Waals surface area contributed by atoms with Gasteiger partial charge in [0.1, 0.15) is 6.00 Å². The van der Waals surface area contributed by atoms with E-state index in [1.165, 1.54) is 0 Å². The third-order valence-corrected chi connectivity index (χ3v) is 1.89. The first-order chi connectivity index (χ1) is 7.27. The van der Waals surface area contributed by atoms with Crippen molar-refractivity contribution >= 4 is 41.0 Å². The number of alkyl halides is 1. The van der Waals surface area contributed by atoms with Crippen LogP contribution in [0.1, 0.15) is 5.56 Å². The molecule has 0 aliphatic heterocycles. The number of amidine groups is 2. The van der Waals surface area contributed by atoms with Crippen LogP contribution in [-0.2, 0) is 0 Å². The molecule has 0 aliphatic rings. The van der Waals surface area contributed by atoms with Gasteiger partial charge in [0.15, 0.2) is 5.84 Å². The largest absolute Gasteiger partial charge is 0.250 e. The van der Waals surface area contributed by atoms with Crippen LogP contribution in [-0.4, -0.2) is 23.9 Å². The van der Waals surface area contributed by atoms with Gasteiger partial charge < -0.3 is 0 Å². The van der Waals surface area contributed by atoms with E-state index in [1.54, 1.807) is 0 Å². The summed E-state index contributed by atoms with van der Waals surface area (Å²) < 4.78 is 0. The van der Waals surface area contributed by atoms with Crippen molar-refractivity contribution in [3.05, 3.63) is 35.9 Å². The Morgan fingerprint density at radius 3 is 2.47 bits per heavy atom. The summed E-state index contributed by atoms with van der Waals surface area (Å²) in [6.45, 7) is 3.27. The molecule has 5 heteroatoms. The Morgan fingerprint density at radius 2 is 1.93 bits per heavy atom. The third-order valence-electron chi connectivity index (χ3n) is 1.57. The number of halogens is 2. The summed E-state index contributed by atoms with van der Waals surface area (Å²) in [5, 5.41) is 0.0442. The quantitative estimate of drug-likeness (QED) is 0.331. The summed E-state index contributed by atoms with van der Waals surface area (Å²) in [5.74, 6) is 0.447. The Morgan fingerprint density at radius 1 is 1.27 bits per heavy atom. The molecule has 0 radical (unpaired) electrons. The second kappa shape index (κ2) is 6.32. The highest BCUT2D eigenvalue weighted by atomic mass is 35.5. The maximum Gasteiger partial charge on any atom is 0.223 e. The fraction of sp³-hybridized carbons (Fsp3) is 0.100. The molecule has 0 unspecified atom stereocenters. The second-order valence-corrected chi connectivity index (χ2v) is 3.08. The molecule has 0 N–H and O–H groups in total. The van der Waals surface area contributed by atoms with Gasteiger partial charge in [0.05, 0.1) is 0 Å². The maximum atomic E-state index is 5.64. The first-order valence-electron chi connectivity index (χ1n) is 4.14. The van der Waals surface area contributed by atoms with Gasteiger partial charge in [0.25, 0.3) is 0 Å². The van der Waals surface area contributed by atoms with Gasteiger partial charge in [-0.25, -0.2) is 9.98 Å². The maximum absolute atomic E-state index is 5.64. The van der Waals surface area contributed by atoms with Crippen molar-refractivity contribution in [3.8, 4) is 0 Å². The summed E-state index contributed by atoms with van der Waals surface area (Å²) in [6, 6.07) is 9.51. The van der Waals surface area contributed by atoms with Crippen molar-refractivity contribution in [1.82, 2.24) is 0 Å². The molecule has 0 atom stereocenters. The van der Waals surface area contributed by atoms with Crippen LogP contribution in [0.5, 0.6) is 0 Å². The van der Waals surface area contributed by atoms with Crippen molar-refractivity contribution in [2.75, 3.05) is 6.00 Å². The molecule has 1 rings (SSSR count). The molecule has 3 nitrogen and oxygen atoms in total. The van der Waals surface area contributed by atoms with Crippen LogP contribution in [0.15, 0.2) is 45.3 Å². The van der Waals surface area contributed by atoms with Gasteiger partial charge in [-0.05, 0) is 18.3 Å². The van der Waals surface area contributed by atoms with Crippen LogP contribution in [0.25, 0.3) is 0 Å². The SMILES string of the molecule is C=NC(Cl)=N/C(=N\CCl)c1ccccc1. The monoisotopic (exact) mass is 241 g/mol. The summed E-state index contributed by atoms with van der Waals surface area (Å²) in [4.78, 5) is 11.5. The molecular weight excluding hydrogens is 233 g/mol. The molecule has 1 aromatic carbocycles. The predicted octanol–water partition coefficient (Wildman–Crippen LogP) is 2.92. The van der Waals surface area contributed by atoms with Crippen molar-refractivity contribution in [1.29, 1.82) is 0 Å². The first kappa shape index (κ1) is 11.9. The topological polar surface area (TPSA) is 37.1 Å². The van der Waals surface area contributed by atoms with Crippen LogP contribution in [0.2, 0.25) is 0 Å². The van der Waals surface area contributed by atoms with Gasteiger partial charge in [-0.3, -0.25) is 0 Å². The zero-order valence-electron chi connectivity index (χ0n) is 7.90. The van der Waals surface area contributed by atoms with Crippen molar-refractivity contribution in [2.45, 2.75) is 0 Å². The van der Waals surface area contributed by atoms with Crippen LogP contribution in [0.4, 0.5) is 0 Å². The molecule has 0 aliphatic carbocycles. The highest BCUT2D eigenvalue weighted by molar-refractivity contribution is 6.66. The highest BCUT2D eigenvalue weighted by Gasteiger charge is 2.01. The van der Waals surface area contributed by atoms with E-state index in [-0.39, 0.29) is 11.3 Å². The normalized spacial score (nSPS) is 12.7. The molecule has 0 heterocycles. The van der Waals surface area contributed by atoms with Gasteiger partial charge >= 0.3 is 0 Å². The number of hydrogen-bond acceptors (Lipinski definition) is 1. The minimum Gasteiger partial charge on any atom is -0.250 e. The van der Waals surface area contributed by atoms with E-state index >= 15 is 0 Å². The van der Waals surface area contributed by atoms with Crippen LogP contribution in [0, 0.1) is 0 Å². The molecule has 78 valence electrons. The Bertz CT molecular complexity index is 385. The molecule has 0 bridgehead atoms. The van der Waals surface area contributed by atoms with Crippen molar-refractivity contribution in [2.24, 2.45) is 15.0 Å². The number of benzene rings is 1. The predicted molar refractivity (Wildman–Crippen MR) is 66.5 cm³/mol. The zero-order valence-corrected chi connectivity index (χ0v) is 9.41. The number of rotatable bonds is 2. The summed E-state index contributed by atoms with van der Waals surface area (Å²) >= 11 is 11.2. The molecule has 1 aromatic rings. The van der Waals surface area contributed by atoms with E-state index in [9.17, 15) is 0 Å². The van der Waals surface area contributed by atoms with Crippen LogP contribution >= 0.6 is 23.2 Å². The fourth-order valence-electron chi connectivity index (χ4n) is 0.958. The number of nitrogens with zero attached hydrogens (tertiary/aromatic N) is 3. The summed E-state index contributed by atoms with van der Waals surface area (Å²) in [7, 11) is 0. The average Bonchev–Trinajstić information content (AvgIpc) is 2.29. The van der Waals surface area contributed by atoms with Gasteiger partial charge in [0.2, 0.25) is 5.29 Å². The zero-order chi connectivity index (χ0) is 11.1. The Balaban J connectivity index is 3.05. The van der Waals surface area contributed by atoms with Gasteiger partial charge in [-0.15, -0.1) is 11.6 Å². The van der Waals surface area contributed by atoms with E-state index in [1.807, 2.05) is 30.3 Å². The lowest BCUT2D eigenvalue weighted by atomic mass is 10.2. The molecular formula is C10H9Cl2N3. The highest BCUT2D eigenvalue weighted by Crippen LogP contribution is 2.04. The van der Waals surface area contributed by atoms with Crippen LogP contribution in [0.3, 0.4) is 0 Å². The van der Waals surface area contributed by atoms with Crippen molar-refractivity contribution in [3.63, 3.8) is 0 Å². The van der Waals surface area contributed by atoms with Gasteiger partial charge in [-0.1, -0.05) is 30.3 Å². The van der Waals surface area contributed by atoms with E-state index in [4.69, 9.17) is 23.2 Å². The molecule has 0 amide bonds. The third kappa shape index (κ3) is 3.81. The van der Waals surface area contributed by atoms with E-state index in [0.717, 1.165) is 5.56 Å². The van der Waals surface area contributed by atoms with E-state index in [2.05, 4.69) is 21.7 Å². The standard InChI is InChI=1S/C10H9Cl2N3/c1-13-10(12)15-9(14-7-11)8-5-3-2-4-6-8/h2-6H,1,7H2/b14-9-,15-10?. The molecule has 0 aromatic heterocycles. The summed E-state index contributed by atoms with van der Waals surface area (Å²) in [6.07, 6.45) is 0. The second-order valence-electron chi connectivity index (χ2n) is 2.51. The molecule has 0 saturated heterocycles. The smallest absolute Gasteiger partial charge is 0.223 e. The Labute approximate surface area is 98.2 Å². The average molecular weight is 242 g/mol. The summed E-state index contributed by atoms with van der Waals surface area (Å²) in [5.41, 5.74) is 0.833. The lowest BCUT2D eigenvalue weighted by Crippen LogP contribution is -1.99. The molecule has 0 fully saturated rings. The first-order valence-corrected chi connectivity index (χ1v) is 5.06. The molecule has 0 saturated carbocycles. The lowest BCUT2D eigenvalue weighted by molar-refractivity contribution is 1.32. The lowest BCUT2D eigenvalue weighted by Gasteiger charge is -1.99. The minimum atomic E-state index is 0.0442. The number of aliphatic imine (C=N–C) groups is 3. The minimum absolute atomic E-state index is 0.0442. The van der Waals surface area contributed by atoms with Gasteiger partial charge in [-0.2, -0.15) is 4.99 Å². The fourth-order valence-corrected chi connectivity index (χ4v) is 1.15. The Hall–Kier alpha value is -1.19. The molecule has 0 spiro atoms. The molecule has 15 heavy (non-hydrogen) atoms. The van der Waals surface area contributed by atoms with Crippen molar-refractivity contribution < 1.29 is 0 Å². The van der Waals surface area contributed by atoms with Gasteiger partial charge in [0, 0.05) is 5.56 Å².